The van der Waals surface area contributed by atoms with Crippen LogP contribution < -0.4 is 21.3 Å². The van der Waals surface area contributed by atoms with Gasteiger partial charge in [-0.15, -0.1) is 0 Å². The summed E-state index contributed by atoms with van der Waals surface area (Å²) in [4.78, 5) is 56.1. The van der Waals surface area contributed by atoms with E-state index in [0.29, 0.717) is 18.0 Å². The van der Waals surface area contributed by atoms with Gasteiger partial charge in [-0.2, -0.15) is 0 Å². The molecule has 1 aromatic heterocycles. The Morgan fingerprint density at radius 3 is 2.33 bits per heavy atom. The van der Waals surface area contributed by atoms with Crippen LogP contribution in [0.1, 0.15) is 46.7 Å². The van der Waals surface area contributed by atoms with Crippen molar-refractivity contribution in [3.63, 3.8) is 0 Å². The molecular formula is C20H34N6O4. The summed E-state index contributed by atoms with van der Waals surface area (Å²) in [5.74, 6) is -1.50. The minimum atomic E-state index is -1.23. The molecule has 0 spiro atoms. The van der Waals surface area contributed by atoms with E-state index in [1.165, 1.54) is 13.4 Å². The van der Waals surface area contributed by atoms with E-state index in [4.69, 9.17) is 0 Å². The second-order valence-electron chi connectivity index (χ2n) is 8.34. The molecule has 0 bridgehead atoms. The lowest BCUT2D eigenvalue weighted by molar-refractivity contribution is -0.136. The van der Waals surface area contributed by atoms with Gasteiger partial charge < -0.3 is 26.3 Å². The molecule has 1 aromatic rings. The molecule has 30 heavy (non-hydrogen) atoms. The maximum atomic E-state index is 12.9. The number of carbonyl (C=O) groups excluding carboxylic acids is 4. The van der Waals surface area contributed by atoms with Crippen LogP contribution in [0, 0.1) is 11.8 Å². The fourth-order valence-corrected chi connectivity index (χ4v) is 2.85. The second kappa shape index (κ2) is 11.3. The molecule has 10 heteroatoms. The Hall–Kier alpha value is -2.91. The van der Waals surface area contributed by atoms with Crippen LogP contribution in [0.2, 0.25) is 0 Å². The van der Waals surface area contributed by atoms with Crippen molar-refractivity contribution in [1.82, 2.24) is 31.2 Å². The maximum absolute atomic E-state index is 12.9. The van der Waals surface area contributed by atoms with Gasteiger partial charge in [-0.25, -0.2) is 4.98 Å². The molecule has 0 aromatic carbocycles. The number of aromatic nitrogens is 2. The summed E-state index contributed by atoms with van der Waals surface area (Å²) in [6.45, 7) is 8.82. The summed E-state index contributed by atoms with van der Waals surface area (Å²) in [5.41, 5.74) is -0.585. The molecule has 2 atom stereocenters. The first-order valence-corrected chi connectivity index (χ1v) is 10.0. The highest BCUT2D eigenvalue weighted by Crippen LogP contribution is 2.13. The lowest BCUT2D eigenvalue weighted by Crippen LogP contribution is -2.60. The third-order valence-electron chi connectivity index (χ3n) is 4.58. The highest BCUT2D eigenvalue weighted by atomic mass is 16.2. The number of likely N-dealkylation sites (N-methyl/N-ethyl adjacent to an activating group) is 1. The standard InChI is InChI=1S/C20H34N6O4/c1-12(2)7-13(3)17(28)26-20(4,5)19(30)25-15(8-14-9-22-11-24-14)18(29)23-10-16(27)21-6/h9,11-13,15H,7-8,10H2,1-6H3,(H,21,27)(H,22,24)(H,23,29)(H,25,30)(H,26,28). The summed E-state index contributed by atoms with van der Waals surface area (Å²) < 4.78 is 0. The second-order valence-corrected chi connectivity index (χ2v) is 8.34. The van der Waals surface area contributed by atoms with Crippen molar-refractivity contribution in [3.05, 3.63) is 18.2 Å². The van der Waals surface area contributed by atoms with Crippen molar-refractivity contribution in [2.24, 2.45) is 11.8 Å². The average molecular weight is 423 g/mol. The van der Waals surface area contributed by atoms with Gasteiger partial charge in [-0.1, -0.05) is 20.8 Å². The molecule has 0 aliphatic carbocycles. The molecule has 4 amide bonds. The van der Waals surface area contributed by atoms with Gasteiger partial charge in [-0.3, -0.25) is 19.2 Å². The Bertz CT molecular complexity index is 730. The number of amides is 4. The summed E-state index contributed by atoms with van der Waals surface area (Å²) in [5, 5.41) is 10.3. The SMILES string of the molecule is CNC(=O)CNC(=O)C(Cc1cnc[nH]1)NC(=O)C(C)(C)NC(=O)C(C)CC(C)C. The molecule has 0 saturated heterocycles. The highest BCUT2D eigenvalue weighted by Gasteiger charge is 2.34. The number of hydrogen-bond acceptors (Lipinski definition) is 5. The van der Waals surface area contributed by atoms with Gasteiger partial charge in [0.15, 0.2) is 0 Å². The number of rotatable bonds is 11. The van der Waals surface area contributed by atoms with Gasteiger partial charge in [0.05, 0.1) is 12.9 Å². The van der Waals surface area contributed by atoms with E-state index in [9.17, 15) is 19.2 Å². The lowest BCUT2D eigenvalue weighted by Gasteiger charge is -2.29. The zero-order valence-electron chi connectivity index (χ0n) is 18.6. The van der Waals surface area contributed by atoms with Crippen molar-refractivity contribution >= 4 is 23.6 Å². The first-order valence-electron chi connectivity index (χ1n) is 10.0. The molecule has 10 nitrogen and oxygen atoms in total. The predicted octanol–water partition coefficient (Wildman–Crippen LogP) is -0.124. The summed E-state index contributed by atoms with van der Waals surface area (Å²) in [6, 6.07) is -0.952. The number of aromatic amines is 1. The fourth-order valence-electron chi connectivity index (χ4n) is 2.85. The molecule has 0 saturated carbocycles. The van der Waals surface area contributed by atoms with E-state index >= 15 is 0 Å². The minimum Gasteiger partial charge on any atom is -0.358 e. The van der Waals surface area contributed by atoms with Crippen molar-refractivity contribution < 1.29 is 19.2 Å². The molecule has 0 fully saturated rings. The maximum Gasteiger partial charge on any atom is 0.245 e. The van der Waals surface area contributed by atoms with Gasteiger partial charge >= 0.3 is 0 Å². The molecule has 2 unspecified atom stereocenters. The predicted molar refractivity (Wildman–Crippen MR) is 112 cm³/mol. The third-order valence-corrected chi connectivity index (χ3v) is 4.58. The van der Waals surface area contributed by atoms with Gasteiger partial charge in [0.25, 0.3) is 0 Å². The van der Waals surface area contributed by atoms with Crippen molar-refractivity contribution in [3.8, 4) is 0 Å². The molecular weight excluding hydrogens is 388 g/mol. The van der Waals surface area contributed by atoms with Crippen molar-refractivity contribution in [2.45, 2.75) is 59.0 Å². The van der Waals surface area contributed by atoms with Gasteiger partial charge in [0.1, 0.15) is 11.6 Å². The number of hydrogen-bond donors (Lipinski definition) is 5. The summed E-state index contributed by atoms with van der Waals surface area (Å²) in [7, 11) is 1.46. The first kappa shape index (κ1) is 25.1. The van der Waals surface area contributed by atoms with Crippen molar-refractivity contribution in [1.29, 1.82) is 0 Å². The van der Waals surface area contributed by atoms with Crippen LogP contribution in [-0.2, 0) is 25.6 Å². The van der Waals surface area contributed by atoms with Gasteiger partial charge in [-0.05, 0) is 26.2 Å². The normalized spacial score (nSPS) is 13.3. The van der Waals surface area contributed by atoms with E-state index in [1.54, 1.807) is 20.0 Å². The summed E-state index contributed by atoms with van der Waals surface area (Å²) >= 11 is 0. The highest BCUT2D eigenvalue weighted by molar-refractivity contribution is 5.95. The zero-order valence-corrected chi connectivity index (χ0v) is 18.6. The van der Waals surface area contributed by atoms with Crippen LogP contribution in [0.4, 0.5) is 0 Å². The molecule has 1 heterocycles. The lowest BCUT2D eigenvalue weighted by atomic mass is 9.95. The Morgan fingerprint density at radius 2 is 1.80 bits per heavy atom. The number of nitrogens with zero attached hydrogens (tertiary/aromatic N) is 1. The van der Waals surface area contributed by atoms with Crippen molar-refractivity contribution in [2.75, 3.05) is 13.6 Å². The van der Waals surface area contributed by atoms with Crippen LogP contribution in [0.15, 0.2) is 12.5 Å². The largest absolute Gasteiger partial charge is 0.358 e. The Balaban J connectivity index is 2.84. The minimum absolute atomic E-state index is 0.152. The van der Waals surface area contributed by atoms with Gasteiger partial charge in [0, 0.05) is 31.3 Å². The van der Waals surface area contributed by atoms with Crippen LogP contribution >= 0.6 is 0 Å². The van der Waals surface area contributed by atoms with E-state index in [1.807, 2.05) is 20.8 Å². The average Bonchev–Trinajstić information content (AvgIpc) is 3.17. The molecule has 0 aliphatic heterocycles. The Morgan fingerprint density at radius 1 is 1.13 bits per heavy atom. The number of H-pyrrole nitrogens is 1. The van der Waals surface area contributed by atoms with E-state index in [2.05, 4.69) is 31.2 Å². The number of imidazole rings is 1. The van der Waals surface area contributed by atoms with E-state index in [0.717, 1.165) is 0 Å². The molecule has 0 radical (unpaired) electrons. The topological polar surface area (TPSA) is 145 Å². The molecule has 1 rings (SSSR count). The zero-order chi connectivity index (χ0) is 22.9. The fraction of sp³-hybridized carbons (Fsp3) is 0.650. The van der Waals surface area contributed by atoms with Gasteiger partial charge in [0.2, 0.25) is 23.6 Å². The van der Waals surface area contributed by atoms with Crippen LogP contribution in [-0.4, -0.2) is 58.8 Å². The smallest absolute Gasteiger partial charge is 0.245 e. The monoisotopic (exact) mass is 422 g/mol. The number of nitrogens with one attached hydrogen (secondary N) is 5. The van der Waals surface area contributed by atoms with Crippen LogP contribution in [0.25, 0.3) is 0 Å². The van der Waals surface area contributed by atoms with Crippen LogP contribution in [0.3, 0.4) is 0 Å². The molecule has 5 N–H and O–H groups in total. The van der Waals surface area contributed by atoms with Crippen LogP contribution in [0.5, 0.6) is 0 Å². The Kier molecular flexibility index (Phi) is 9.48. The quantitative estimate of drug-likeness (QED) is 0.337. The summed E-state index contributed by atoms with van der Waals surface area (Å²) in [6.07, 6.45) is 3.87. The molecule has 168 valence electrons. The van der Waals surface area contributed by atoms with E-state index in [-0.39, 0.29) is 30.7 Å². The third kappa shape index (κ3) is 8.22. The van der Waals surface area contributed by atoms with E-state index < -0.39 is 23.4 Å². The Labute approximate surface area is 177 Å². The first-order chi connectivity index (χ1) is 14.0. The molecule has 0 aliphatic rings. The number of carbonyl (C=O) groups is 4.